The molecule has 1 aromatic carbocycles. The normalized spacial score (nSPS) is 11.2. The fraction of sp³-hybridized carbons (Fsp3) is 0.368. The van der Waals surface area contributed by atoms with E-state index in [2.05, 4.69) is 39.5 Å². The second-order valence-electron chi connectivity index (χ2n) is 6.70. The third-order valence-corrected chi connectivity index (χ3v) is 4.81. The van der Waals surface area contributed by atoms with Gasteiger partial charge in [0.05, 0.1) is 18.1 Å². The van der Waals surface area contributed by atoms with Crippen LogP contribution in [0.3, 0.4) is 0 Å². The van der Waals surface area contributed by atoms with Crippen LogP contribution in [0.5, 0.6) is 0 Å². The molecule has 0 saturated heterocycles. The summed E-state index contributed by atoms with van der Waals surface area (Å²) in [6, 6.07) is 6.87. The van der Waals surface area contributed by atoms with Crippen molar-refractivity contribution in [3.05, 3.63) is 41.0 Å². The van der Waals surface area contributed by atoms with E-state index in [0.717, 1.165) is 23.4 Å². The second-order valence-corrected chi connectivity index (χ2v) is 7.91. The van der Waals surface area contributed by atoms with Gasteiger partial charge in [-0.15, -0.1) is 0 Å². The number of nitrogens with zero attached hydrogens (tertiary/aromatic N) is 4. The number of hydrogen-bond acceptors (Lipinski definition) is 6. The van der Waals surface area contributed by atoms with E-state index in [1.807, 2.05) is 6.26 Å². The minimum absolute atomic E-state index is 0.169. The van der Waals surface area contributed by atoms with E-state index >= 15 is 0 Å². The van der Waals surface area contributed by atoms with Gasteiger partial charge in [0.2, 0.25) is 0 Å². The molecule has 3 aromatic rings. The number of amides is 1. The van der Waals surface area contributed by atoms with Crippen LogP contribution in [0.1, 0.15) is 24.2 Å². The first-order chi connectivity index (χ1) is 13.5. The third-order valence-electron chi connectivity index (χ3n) is 4.03. The van der Waals surface area contributed by atoms with Crippen LogP contribution in [0.2, 0.25) is 5.02 Å². The van der Waals surface area contributed by atoms with Crippen LogP contribution in [0.4, 0.5) is 5.82 Å². The third kappa shape index (κ3) is 4.94. The van der Waals surface area contributed by atoms with Crippen molar-refractivity contribution in [2.75, 3.05) is 24.7 Å². The summed E-state index contributed by atoms with van der Waals surface area (Å²) in [5, 5.41) is 12.8. The van der Waals surface area contributed by atoms with Crippen molar-refractivity contribution in [1.82, 2.24) is 25.1 Å². The molecule has 0 spiro atoms. The van der Waals surface area contributed by atoms with Gasteiger partial charge in [0.15, 0.2) is 10.8 Å². The Bertz CT molecular complexity index is 974. The van der Waals surface area contributed by atoms with E-state index in [-0.39, 0.29) is 5.91 Å². The predicted molar refractivity (Wildman–Crippen MR) is 114 cm³/mol. The summed E-state index contributed by atoms with van der Waals surface area (Å²) in [5.41, 5.74) is 1.28. The number of carbonyl (C=O) groups is 1. The molecule has 2 aromatic heterocycles. The lowest BCUT2D eigenvalue weighted by Crippen LogP contribution is -2.27. The number of benzene rings is 1. The maximum Gasteiger partial charge on any atom is 0.251 e. The SMILES string of the molecule is CSc1nc(NCC(C)C)c2cnn(CCNC(=O)c3cccc(Cl)c3)c2n1. The zero-order chi connectivity index (χ0) is 20.1. The quantitative estimate of drug-likeness (QED) is 0.428. The number of halogens is 1. The number of hydrogen-bond donors (Lipinski definition) is 2. The van der Waals surface area contributed by atoms with Gasteiger partial charge in [-0.05, 0) is 30.4 Å². The van der Waals surface area contributed by atoms with E-state index in [0.29, 0.717) is 34.7 Å². The average molecular weight is 419 g/mol. The number of nitrogens with one attached hydrogen (secondary N) is 2. The molecule has 9 heteroatoms. The first kappa shape index (κ1) is 20.4. The average Bonchev–Trinajstić information content (AvgIpc) is 3.09. The van der Waals surface area contributed by atoms with E-state index in [9.17, 15) is 4.79 Å². The van der Waals surface area contributed by atoms with Gasteiger partial charge in [-0.25, -0.2) is 14.6 Å². The number of rotatable bonds is 8. The maximum atomic E-state index is 12.3. The van der Waals surface area contributed by atoms with Gasteiger partial charge in [-0.2, -0.15) is 5.10 Å². The highest BCUT2D eigenvalue weighted by atomic mass is 35.5. The summed E-state index contributed by atoms with van der Waals surface area (Å²) in [6.07, 6.45) is 3.71. The Morgan fingerprint density at radius 2 is 2.14 bits per heavy atom. The lowest BCUT2D eigenvalue weighted by Gasteiger charge is -2.11. The molecule has 0 aliphatic carbocycles. The molecule has 1 amide bonds. The zero-order valence-corrected chi connectivity index (χ0v) is 17.6. The van der Waals surface area contributed by atoms with E-state index in [4.69, 9.17) is 11.6 Å². The minimum atomic E-state index is -0.169. The zero-order valence-electron chi connectivity index (χ0n) is 16.1. The van der Waals surface area contributed by atoms with Crippen LogP contribution in [0.25, 0.3) is 11.0 Å². The molecule has 0 unspecified atom stereocenters. The van der Waals surface area contributed by atoms with Crippen LogP contribution >= 0.6 is 23.4 Å². The Hall–Kier alpha value is -2.32. The fourth-order valence-corrected chi connectivity index (χ4v) is 3.18. The molecule has 2 N–H and O–H groups in total. The van der Waals surface area contributed by atoms with Gasteiger partial charge < -0.3 is 10.6 Å². The van der Waals surface area contributed by atoms with Crippen molar-refractivity contribution >= 4 is 46.1 Å². The molecule has 0 aliphatic heterocycles. The predicted octanol–water partition coefficient (Wildman–Crippen LogP) is 3.70. The standard InChI is InChI=1S/C19H23ClN6OS/c1-12(2)10-22-16-15-11-23-26(17(15)25-19(24-16)28-3)8-7-21-18(27)13-5-4-6-14(20)9-13/h4-6,9,11-12H,7-8,10H2,1-3H3,(H,21,27)(H,22,24,25). The number of aromatic nitrogens is 4. The van der Waals surface area contributed by atoms with E-state index in [1.54, 1.807) is 35.1 Å². The Labute approximate surface area is 173 Å². The lowest BCUT2D eigenvalue weighted by atomic mass is 10.2. The van der Waals surface area contributed by atoms with Crippen LogP contribution in [-0.4, -0.2) is 45.0 Å². The van der Waals surface area contributed by atoms with E-state index in [1.165, 1.54) is 11.8 Å². The molecule has 2 heterocycles. The monoisotopic (exact) mass is 418 g/mol. The lowest BCUT2D eigenvalue weighted by molar-refractivity contribution is 0.0952. The molecule has 0 radical (unpaired) electrons. The van der Waals surface area contributed by atoms with E-state index < -0.39 is 0 Å². The van der Waals surface area contributed by atoms with Gasteiger partial charge in [0, 0.05) is 23.7 Å². The Morgan fingerprint density at radius 3 is 2.86 bits per heavy atom. The van der Waals surface area contributed by atoms with Crippen LogP contribution in [-0.2, 0) is 6.54 Å². The first-order valence-electron chi connectivity index (χ1n) is 9.03. The van der Waals surface area contributed by atoms with Crippen LogP contribution < -0.4 is 10.6 Å². The molecule has 0 aliphatic rings. The van der Waals surface area contributed by atoms with Crippen molar-refractivity contribution in [2.45, 2.75) is 25.5 Å². The molecular formula is C19H23ClN6OS. The number of thioether (sulfide) groups is 1. The Balaban J connectivity index is 1.72. The van der Waals surface area contributed by atoms with Crippen molar-refractivity contribution in [3.8, 4) is 0 Å². The topological polar surface area (TPSA) is 84.7 Å². The van der Waals surface area contributed by atoms with Crippen LogP contribution in [0, 0.1) is 5.92 Å². The van der Waals surface area contributed by atoms with Crippen molar-refractivity contribution < 1.29 is 4.79 Å². The highest BCUT2D eigenvalue weighted by molar-refractivity contribution is 7.98. The smallest absolute Gasteiger partial charge is 0.251 e. The summed E-state index contributed by atoms with van der Waals surface area (Å²) >= 11 is 7.43. The molecule has 0 saturated carbocycles. The molecule has 148 valence electrons. The van der Waals surface area contributed by atoms with Crippen LogP contribution in [0.15, 0.2) is 35.6 Å². The summed E-state index contributed by atoms with van der Waals surface area (Å²) in [5.74, 6) is 1.12. The Kier molecular flexibility index (Phi) is 6.74. The van der Waals surface area contributed by atoms with Gasteiger partial charge in [-0.3, -0.25) is 4.79 Å². The summed E-state index contributed by atoms with van der Waals surface area (Å²) < 4.78 is 1.79. The maximum absolute atomic E-state index is 12.3. The molecule has 0 bridgehead atoms. The van der Waals surface area contributed by atoms with Crippen molar-refractivity contribution in [3.63, 3.8) is 0 Å². The highest BCUT2D eigenvalue weighted by Crippen LogP contribution is 2.23. The van der Waals surface area contributed by atoms with Crippen molar-refractivity contribution in [1.29, 1.82) is 0 Å². The number of carbonyl (C=O) groups excluding carboxylic acids is 1. The summed E-state index contributed by atoms with van der Waals surface area (Å²) in [6.45, 7) is 6.04. The molecule has 0 fully saturated rings. The van der Waals surface area contributed by atoms with Gasteiger partial charge in [-0.1, -0.05) is 43.3 Å². The second kappa shape index (κ2) is 9.25. The van der Waals surface area contributed by atoms with Crippen molar-refractivity contribution in [2.24, 2.45) is 5.92 Å². The number of fused-ring (bicyclic) bond motifs is 1. The van der Waals surface area contributed by atoms with Gasteiger partial charge >= 0.3 is 0 Å². The molecular weight excluding hydrogens is 396 g/mol. The molecule has 28 heavy (non-hydrogen) atoms. The molecule has 3 rings (SSSR count). The minimum Gasteiger partial charge on any atom is -0.369 e. The summed E-state index contributed by atoms with van der Waals surface area (Å²) in [7, 11) is 0. The number of anilines is 1. The van der Waals surface area contributed by atoms with Gasteiger partial charge in [0.1, 0.15) is 5.82 Å². The highest BCUT2D eigenvalue weighted by Gasteiger charge is 2.13. The molecule has 7 nitrogen and oxygen atoms in total. The fourth-order valence-electron chi connectivity index (χ4n) is 2.63. The van der Waals surface area contributed by atoms with Gasteiger partial charge in [0.25, 0.3) is 5.91 Å². The summed E-state index contributed by atoms with van der Waals surface area (Å²) in [4.78, 5) is 21.4. The molecule has 0 atom stereocenters. The largest absolute Gasteiger partial charge is 0.369 e. The first-order valence-corrected chi connectivity index (χ1v) is 10.6. The Morgan fingerprint density at radius 1 is 1.32 bits per heavy atom.